The SMILES string of the molecule is O=C(O)c1ccc2c(c1)Oc1ccc(OCc3c(-c4c(Cl)cccc4Cl)noc3C3CC3)cc1C(=O)C2. The van der Waals surface area contributed by atoms with Gasteiger partial charge in [-0.15, -0.1) is 0 Å². The van der Waals surface area contributed by atoms with Gasteiger partial charge in [0.15, 0.2) is 5.78 Å². The highest BCUT2D eigenvalue weighted by atomic mass is 35.5. The number of hydrogen-bond acceptors (Lipinski definition) is 6. The first-order valence-electron chi connectivity index (χ1n) is 11.7. The Bertz CT molecular complexity index is 1550. The molecule has 3 aromatic carbocycles. The van der Waals surface area contributed by atoms with Crippen LogP contribution in [0.1, 0.15) is 56.4 Å². The number of aromatic nitrogens is 1. The number of carboxylic acid groups (broad SMARTS) is 1. The minimum Gasteiger partial charge on any atom is -0.489 e. The molecule has 1 saturated carbocycles. The number of nitrogens with zero attached hydrogens (tertiary/aromatic N) is 1. The zero-order valence-corrected chi connectivity index (χ0v) is 20.8. The molecule has 0 saturated heterocycles. The summed E-state index contributed by atoms with van der Waals surface area (Å²) in [5.41, 5.74) is 2.95. The molecule has 4 aromatic rings. The maximum atomic E-state index is 13.0. The highest BCUT2D eigenvalue weighted by Gasteiger charge is 2.34. The van der Waals surface area contributed by atoms with Crippen LogP contribution in [0.3, 0.4) is 0 Å². The van der Waals surface area contributed by atoms with E-state index < -0.39 is 5.97 Å². The van der Waals surface area contributed by atoms with E-state index >= 15 is 0 Å². The van der Waals surface area contributed by atoms with Crippen molar-refractivity contribution in [2.75, 3.05) is 0 Å². The minimum absolute atomic E-state index is 0.0817. The van der Waals surface area contributed by atoms with Gasteiger partial charge in [0, 0.05) is 23.5 Å². The molecule has 6 rings (SSSR count). The van der Waals surface area contributed by atoms with Gasteiger partial charge < -0.3 is 19.1 Å². The molecule has 0 bridgehead atoms. The lowest BCUT2D eigenvalue weighted by Gasteiger charge is -2.12. The standard InChI is InChI=1S/C28H19Cl2NO6/c29-20-2-1-3-21(30)25(20)26-19(27(37-31-26)14-4-5-14)13-35-17-8-9-23-18(12-17)22(32)10-15-6-7-16(28(33)34)11-24(15)36-23/h1-3,6-9,11-12,14H,4-5,10,13H2,(H,33,34). The number of aromatic carboxylic acids is 1. The summed E-state index contributed by atoms with van der Waals surface area (Å²) in [5, 5.41) is 14.5. The average molecular weight is 536 g/mol. The second kappa shape index (κ2) is 9.25. The largest absolute Gasteiger partial charge is 0.489 e. The van der Waals surface area contributed by atoms with Crippen molar-refractivity contribution in [3.63, 3.8) is 0 Å². The van der Waals surface area contributed by atoms with Crippen molar-refractivity contribution in [3.8, 4) is 28.5 Å². The van der Waals surface area contributed by atoms with Crippen LogP contribution in [0.5, 0.6) is 17.2 Å². The molecule has 9 heteroatoms. The Labute approximate surface area is 221 Å². The lowest BCUT2D eigenvalue weighted by Crippen LogP contribution is -2.04. The van der Waals surface area contributed by atoms with Gasteiger partial charge >= 0.3 is 5.97 Å². The van der Waals surface area contributed by atoms with Crippen LogP contribution in [0.2, 0.25) is 10.0 Å². The van der Waals surface area contributed by atoms with Crippen molar-refractivity contribution in [2.24, 2.45) is 0 Å². The summed E-state index contributed by atoms with van der Waals surface area (Å²) < 4.78 is 17.8. The number of Topliss-reactive ketones (excluding diaryl/α,β-unsaturated/α-hetero) is 1. The molecule has 1 aliphatic carbocycles. The van der Waals surface area contributed by atoms with Crippen molar-refractivity contribution in [3.05, 3.63) is 92.7 Å². The minimum atomic E-state index is -1.07. The normalized spacial score (nSPS) is 14.4. The Kier molecular flexibility index (Phi) is 5.89. The lowest BCUT2D eigenvalue weighted by molar-refractivity contribution is 0.0696. The van der Waals surface area contributed by atoms with E-state index in [9.17, 15) is 14.7 Å². The number of carbonyl (C=O) groups excluding carboxylic acids is 1. The molecule has 186 valence electrons. The van der Waals surface area contributed by atoms with E-state index in [1.54, 1.807) is 42.5 Å². The molecule has 37 heavy (non-hydrogen) atoms. The maximum absolute atomic E-state index is 13.0. The number of halogens is 2. The molecule has 1 aliphatic heterocycles. The number of ketones is 1. The predicted octanol–water partition coefficient (Wildman–Crippen LogP) is 7.33. The Morgan fingerprint density at radius 3 is 2.57 bits per heavy atom. The third-order valence-electron chi connectivity index (χ3n) is 6.49. The number of fused-ring (bicyclic) bond motifs is 2. The second-order valence-electron chi connectivity index (χ2n) is 9.02. The third-order valence-corrected chi connectivity index (χ3v) is 7.12. The monoisotopic (exact) mass is 535 g/mol. The zero-order valence-electron chi connectivity index (χ0n) is 19.3. The van der Waals surface area contributed by atoms with Crippen molar-refractivity contribution < 1.29 is 28.7 Å². The highest BCUT2D eigenvalue weighted by Crippen LogP contribution is 2.46. The van der Waals surface area contributed by atoms with Gasteiger partial charge in [0.2, 0.25) is 0 Å². The molecule has 0 atom stereocenters. The van der Waals surface area contributed by atoms with Gasteiger partial charge in [-0.2, -0.15) is 0 Å². The van der Waals surface area contributed by atoms with Gasteiger partial charge in [0.05, 0.1) is 26.7 Å². The average Bonchev–Trinajstić information content (AvgIpc) is 3.65. The van der Waals surface area contributed by atoms with Gasteiger partial charge in [0.1, 0.15) is 35.3 Å². The smallest absolute Gasteiger partial charge is 0.335 e. The van der Waals surface area contributed by atoms with E-state index in [2.05, 4.69) is 5.16 Å². The number of rotatable bonds is 6. The lowest BCUT2D eigenvalue weighted by atomic mass is 10.0. The van der Waals surface area contributed by atoms with Crippen molar-refractivity contribution in [1.82, 2.24) is 5.16 Å². The number of carbonyl (C=O) groups is 2. The van der Waals surface area contributed by atoms with Crippen molar-refractivity contribution >= 4 is 35.0 Å². The summed E-state index contributed by atoms with van der Waals surface area (Å²) >= 11 is 12.9. The molecule has 7 nitrogen and oxygen atoms in total. The van der Waals surface area contributed by atoms with Gasteiger partial charge in [-0.05, 0) is 55.3 Å². The predicted molar refractivity (Wildman–Crippen MR) is 136 cm³/mol. The van der Waals surface area contributed by atoms with Crippen LogP contribution >= 0.6 is 23.2 Å². The van der Waals surface area contributed by atoms with E-state index in [1.165, 1.54) is 12.1 Å². The van der Waals surface area contributed by atoms with E-state index in [0.29, 0.717) is 49.7 Å². The molecule has 0 amide bonds. The number of carboxylic acids is 1. The quantitative estimate of drug-likeness (QED) is 0.275. The number of ether oxygens (including phenoxy) is 2. The third kappa shape index (κ3) is 4.45. The fourth-order valence-corrected chi connectivity index (χ4v) is 5.00. The fraction of sp³-hybridized carbons (Fsp3) is 0.179. The first-order chi connectivity index (χ1) is 17.9. The van der Waals surface area contributed by atoms with Gasteiger partial charge in [-0.3, -0.25) is 4.79 Å². The molecule has 1 aromatic heterocycles. The molecule has 2 heterocycles. The van der Waals surface area contributed by atoms with Crippen LogP contribution in [0.25, 0.3) is 11.3 Å². The van der Waals surface area contributed by atoms with Crippen LogP contribution in [0.4, 0.5) is 0 Å². The first kappa shape index (κ1) is 23.6. The maximum Gasteiger partial charge on any atom is 0.335 e. The summed E-state index contributed by atoms with van der Waals surface area (Å²) in [7, 11) is 0. The number of hydrogen-bond donors (Lipinski definition) is 1. The molecular formula is C28H19Cl2NO6. The Balaban J connectivity index is 1.30. The Morgan fingerprint density at radius 1 is 1.05 bits per heavy atom. The summed E-state index contributed by atoms with van der Waals surface area (Å²) in [4.78, 5) is 24.4. The molecule has 0 radical (unpaired) electrons. The van der Waals surface area contributed by atoms with Crippen LogP contribution in [0.15, 0.2) is 59.1 Å². The molecular weight excluding hydrogens is 517 g/mol. The summed E-state index contributed by atoms with van der Waals surface area (Å²) in [6.07, 6.45) is 2.10. The van der Waals surface area contributed by atoms with Crippen LogP contribution in [0, 0.1) is 0 Å². The van der Waals surface area contributed by atoms with E-state index in [-0.39, 0.29) is 30.3 Å². The molecule has 1 N–H and O–H groups in total. The first-order valence-corrected chi connectivity index (χ1v) is 12.4. The van der Waals surface area contributed by atoms with Crippen LogP contribution in [-0.2, 0) is 13.0 Å². The molecule has 2 aliphatic rings. The van der Waals surface area contributed by atoms with Gasteiger partial charge in [-0.1, -0.05) is 40.5 Å². The summed E-state index contributed by atoms with van der Waals surface area (Å²) in [5.74, 6) is 0.956. The highest BCUT2D eigenvalue weighted by molar-refractivity contribution is 6.39. The Hall–Kier alpha value is -3.81. The van der Waals surface area contributed by atoms with Crippen LogP contribution < -0.4 is 9.47 Å². The molecule has 0 unspecified atom stereocenters. The topological polar surface area (TPSA) is 98.9 Å². The van der Waals surface area contributed by atoms with E-state index in [0.717, 1.165) is 24.2 Å². The summed E-state index contributed by atoms with van der Waals surface area (Å²) in [6, 6.07) is 14.7. The zero-order chi connectivity index (χ0) is 25.7. The Morgan fingerprint density at radius 2 is 1.84 bits per heavy atom. The summed E-state index contributed by atoms with van der Waals surface area (Å²) in [6.45, 7) is 0.141. The van der Waals surface area contributed by atoms with Gasteiger partial charge in [-0.25, -0.2) is 4.79 Å². The molecule has 0 spiro atoms. The molecule has 1 fully saturated rings. The number of benzene rings is 3. The second-order valence-corrected chi connectivity index (χ2v) is 9.84. The van der Waals surface area contributed by atoms with Gasteiger partial charge in [0.25, 0.3) is 0 Å². The van der Waals surface area contributed by atoms with Crippen molar-refractivity contribution in [1.29, 1.82) is 0 Å². The van der Waals surface area contributed by atoms with Crippen LogP contribution in [-0.4, -0.2) is 22.0 Å². The van der Waals surface area contributed by atoms with Crippen molar-refractivity contribution in [2.45, 2.75) is 31.8 Å². The van der Waals surface area contributed by atoms with E-state index in [1.807, 2.05) is 0 Å². The fourth-order valence-electron chi connectivity index (χ4n) is 4.42. The van der Waals surface area contributed by atoms with E-state index in [4.69, 9.17) is 37.2 Å².